The molecule has 0 radical (unpaired) electrons. The molecule has 4 atom stereocenters. The maximum atomic E-state index is 13.7. The van der Waals surface area contributed by atoms with Gasteiger partial charge in [-0.05, 0) is 56.5 Å². The van der Waals surface area contributed by atoms with Crippen molar-refractivity contribution in [3.05, 3.63) is 45.2 Å². The number of nitrogens with zero attached hydrogens (tertiary/aromatic N) is 1. The number of phenols is 1. The second-order valence-corrected chi connectivity index (χ2v) is 9.22. The van der Waals surface area contributed by atoms with Gasteiger partial charge in [0.1, 0.15) is 22.8 Å². The minimum atomic E-state index is -2.64. The van der Waals surface area contributed by atoms with Crippen LogP contribution in [0.15, 0.2) is 23.0 Å². The lowest BCUT2D eigenvalue weighted by atomic mass is 9.57. The Bertz CT molecular complexity index is 1180. The van der Waals surface area contributed by atoms with Crippen LogP contribution in [-0.4, -0.2) is 68.5 Å². The molecule has 1 amide bonds. The van der Waals surface area contributed by atoms with E-state index in [9.17, 15) is 34.8 Å². The number of Topliss-reactive ketones (excluding diaryl/α,β-unsaturated/α-hetero) is 2. The first-order chi connectivity index (χ1) is 15.4. The number of likely N-dealkylation sites (N-methyl/N-ethyl adjacent to an activating group) is 1. The summed E-state index contributed by atoms with van der Waals surface area (Å²) < 4.78 is 0. The SMILES string of the molecule is Cc1cc(CN)c2c(c1O)C(O)=C1C(=O)[C@@]3(O)C(O)=C(C(N)=O)C(=O)[C@H](N(C)C)[C@H]3C[C@H]1C2. The highest BCUT2D eigenvalue weighted by Crippen LogP contribution is 2.53. The van der Waals surface area contributed by atoms with Gasteiger partial charge in [-0.25, -0.2) is 0 Å². The van der Waals surface area contributed by atoms with E-state index >= 15 is 0 Å². The smallest absolute Gasteiger partial charge is 0.255 e. The number of primary amides is 1. The van der Waals surface area contributed by atoms with Crippen LogP contribution >= 0.6 is 0 Å². The van der Waals surface area contributed by atoms with E-state index < -0.39 is 58.0 Å². The number of nitrogens with two attached hydrogens (primary N) is 2. The van der Waals surface area contributed by atoms with E-state index in [0.29, 0.717) is 16.7 Å². The van der Waals surface area contributed by atoms with Crippen molar-refractivity contribution >= 4 is 23.2 Å². The van der Waals surface area contributed by atoms with Gasteiger partial charge in [0, 0.05) is 18.0 Å². The zero-order chi connectivity index (χ0) is 24.6. The zero-order valence-electron chi connectivity index (χ0n) is 18.5. The van der Waals surface area contributed by atoms with Crippen LogP contribution in [0.25, 0.3) is 5.76 Å². The number of fused-ring (bicyclic) bond motifs is 3. The standard InChI is InChI=1S/C23H27N3O7/c1-8-4-10(7-24)11-5-9-6-12-16(26(2)3)19(29)15(22(25)32)21(31)23(12,33)20(30)13(9)18(28)14(11)17(8)27/h4,9,12,16,27-28,31,33H,5-7,24H2,1-3H3,(H2,25,32)/t9-,12-,16-,23-/m1/s1. The van der Waals surface area contributed by atoms with Crippen molar-refractivity contribution in [3.63, 3.8) is 0 Å². The van der Waals surface area contributed by atoms with E-state index in [1.54, 1.807) is 27.1 Å². The molecule has 3 aliphatic rings. The summed E-state index contributed by atoms with van der Waals surface area (Å²) in [7, 11) is 3.11. The minimum Gasteiger partial charge on any atom is -0.508 e. The lowest BCUT2D eigenvalue weighted by Crippen LogP contribution is -2.65. The Morgan fingerprint density at radius 2 is 1.88 bits per heavy atom. The number of rotatable bonds is 3. The first-order valence-corrected chi connectivity index (χ1v) is 10.6. The summed E-state index contributed by atoms with van der Waals surface area (Å²) in [5, 5.41) is 44.1. The fourth-order valence-corrected chi connectivity index (χ4v) is 5.72. The molecule has 176 valence electrons. The number of aliphatic hydroxyl groups is 3. The molecular formula is C23H27N3O7. The summed E-state index contributed by atoms with van der Waals surface area (Å²) in [6, 6.07) is 0.608. The summed E-state index contributed by atoms with van der Waals surface area (Å²) >= 11 is 0. The van der Waals surface area contributed by atoms with Gasteiger partial charge in [0.15, 0.2) is 11.4 Å². The minimum absolute atomic E-state index is 0.0460. The summed E-state index contributed by atoms with van der Waals surface area (Å²) in [6.07, 6.45) is 0.277. The van der Waals surface area contributed by atoms with Gasteiger partial charge < -0.3 is 31.9 Å². The van der Waals surface area contributed by atoms with Crippen molar-refractivity contribution in [2.75, 3.05) is 14.1 Å². The number of carbonyl (C=O) groups excluding carboxylic acids is 3. The maximum Gasteiger partial charge on any atom is 0.255 e. The van der Waals surface area contributed by atoms with Crippen LogP contribution in [0.2, 0.25) is 0 Å². The number of benzene rings is 1. The van der Waals surface area contributed by atoms with E-state index in [2.05, 4.69) is 0 Å². The summed E-state index contributed by atoms with van der Waals surface area (Å²) in [5.41, 5.74) is 9.34. The highest BCUT2D eigenvalue weighted by molar-refractivity contribution is 6.24. The van der Waals surface area contributed by atoms with E-state index in [1.807, 2.05) is 0 Å². The number of hydrogen-bond acceptors (Lipinski definition) is 9. The molecule has 4 rings (SSSR count). The Labute approximate surface area is 189 Å². The average Bonchev–Trinajstić information content (AvgIpc) is 2.72. The molecule has 1 fully saturated rings. The summed E-state index contributed by atoms with van der Waals surface area (Å²) in [6.45, 7) is 1.78. The van der Waals surface area contributed by atoms with Crippen molar-refractivity contribution in [1.82, 2.24) is 4.90 Å². The van der Waals surface area contributed by atoms with Gasteiger partial charge in [-0.15, -0.1) is 0 Å². The second kappa shape index (κ2) is 7.41. The average molecular weight is 457 g/mol. The Morgan fingerprint density at radius 3 is 2.42 bits per heavy atom. The predicted octanol–water partition coefficient (Wildman–Crippen LogP) is -0.269. The Hall–Kier alpha value is -3.21. The number of aryl methyl sites for hydroxylation is 1. The van der Waals surface area contributed by atoms with Gasteiger partial charge >= 0.3 is 0 Å². The number of carbonyl (C=O) groups is 3. The normalized spacial score (nSPS) is 29.2. The van der Waals surface area contributed by atoms with Crippen LogP contribution in [0.1, 0.15) is 28.7 Å². The van der Waals surface area contributed by atoms with Gasteiger partial charge in [0.2, 0.25) is 5.78 Å². The highest BCUT2D eigenvalue weighted by atomic mass is 16.3. The molecule has 10 nitrogen and oxygen atoms in total. The highest BCUT2D eigenvalue weighted by Gasteiger charge is 2.64. The number of phenolic OH excluding ortho intramolecular Hbond substituents is 1. The monoisotopic (exact) mass is 457 g/mol. The molecule has 3 aliphatic carbocycles. The molecule has 33 heavy (non-hydrogen) atoms. The fourth-order valence-electron chi connectivity index (χ4n) is 5.72. The molecule has 0 unspecified atom stereocenters. The number of aromatic hydroxyl groups is 1. The quantitative estimate of drug-likeness (QED) is 0.332. The summed E-state index contributed by atoms with van der Waals surface area (Å²) in [4.78, 5) is 40.2. The second-order valence-electron chi connectivity index (χ2n) is 9.22. The van der Waals surface area contributed by atoms with Crippen LogP contribution < -0.4 is 11.5 Å². The lowest BCUT2D eigenvalue weighted by Gasteiger charge is -2.50. The van der Waals surface area contributed by atoms with Gasteiger partial charge in [0.25, 0.3) is 5.91 Å². The van der Waals surface area contributed by atoms with Gasteiger partial charge in [-0.1, -0.05) is 6.07 Å². The Kier molecular flexibility index (Phi) is 5.15. The van der Waals surface area contributed by atoms with Crippen molar-refractivity contribution in [3.8, 4) is 5.75 Å². The van der Waals surface area contributed by atoms with Crippen molar-refractivity contribution in [1.29, 1.82) is 0 Å². The van der Waals surface area contributed by atoms with Crippen molar-refractivity contribution in [2.24, 2.45) is 23.3 Å². The van der Waals surface area contributed by atoms with Crippen LogP contribution in [0.4, 0.5) is 0 Å². The Balaban J connectivity index is 2.00. The van der Waals surface area contributed by atoms with E-state index in [-0.39, 0.29) is 36.3 Å². The molecule has 0 aliphatic heterocycles. The molecule has 8 N–H and O–H groups in total. The van der Waals surface area contributed by atoms with Crippen LogP contribution in [0, 0.1) is 18.8 Å². The fraction of sp³-hybridized carbons (Fsp3) is 0.435. The number of amides is 1. The van der Waals surface area contributed by atoms with E-state index in [4.69, 9.17) is 11.5 Å². The third kappa shape index (κ3) is 2.87. The largest absolute Gasteiger partial charge is 0.508 e. The van der Waals surface area contributed by atoms with Gasteiger partial charge in [0.05, 0.1) is 11.6 Å². The third-order valence-corrected chi connectivity index (χ3v) is 7.22. The maximum absolute atomic E-state index is 13.7. The van der Waals surface area contributed by atoms with Gasteiger partial charge in [-0.3, -0.25) is 19.3 Å². The van der Waals surface area contributed by atoms with E-state index in [1.165, 1.54) is 4.90 Å². The molecular weight excluding hydrogens is 430 g/mol. The van der Waals surface area contributed by atoms with E-state index in [0.717, 1.165) is 0 Å². The molecule has 0 heterocycles. The Morgan fingerprint density at radius 1 is 1.24 bits per heavy atom. The molecule has 1 aromatic carbocycles. The van der Waals surface area contributed by atoms with Crippen molar-refractivity contribution in [2.45, 2.75) is 38.0 Å². The van der Waals surface area contributed by atoms with Gasteiger partial charge in [-0.2, -0.15) is 0 Å². The predicted molar refractivity (Wildman–Crippen MR) is 117 cm³/mol. The molecule has 1 saturated carbocycles. The molecule has 10 heteroatoms. The number of hydrogen-bond donors (Lipinski definition) is 6. The molecule has 0 saturated heterocycles. The lowest BCUT2D eigenvalue weighted by molar-refractivity contribution is -0.153. The van der Waals surface area contributed by atoms with Crippen LogP contribution in [0.3, 0.4) is 0 Å². The molecule has 0 aromatic heterocycles. The number of ketones is 2. The number of aliphatic hydroxyl groups excluding tert-OH is 2. The molecule has 1 aromatic rings. The topological polar surface area (TPSA) is 187 Å². The zero-order valence-corrected chi connectivity index (χ0v) is 18.5. The van der Waals surface area contributed by atoms with Crippen LogP contribution in [0.5, 0.6) is 5.75 Å². The first-order valence-electron chi connectivity index (χ1n) is 10.6. The first kappa shape index (κ1) is 23.0. The van der Waals surface area contributed by atoms with Crippen LogP contribution in [-0.2, 0) is 27.3 Å². The third-order valence-electron chi connectivity index (χ3n) is 7.22. The summed E-state index contributed by atoms with van der Waals surface area (Å²) in [5.74, 6) is -6.61. The van der Waals surface area contributed by atoms with Crippen molar-refractivity contribution < 1.29 is 34.8 Å². The molecule has 0 bridgehead atoms. The molecule has 0 spiro atoms.